The molecule has 0 unspecified atom stereocenters. The lowest BCUT2D eigenvalue weighted by molar-refractivity contribution is -0.117. The minimum absolute atomic E-state index is 0.0204. The molecule has 3 aromatic rings. The first-order chi connectivity index (χ1) is 19.3. The highest BCUT2D eigenvalue weighted by Crippen LogP contribution is 2.30. The Hall–Kier alpha value is -4.25. The summed E-state index contributed by atoms with van der Waals surface area (Å²) in [5, 5.41) is 8.40. The van der Waals surface area contributed by atoms with Crippen molar-refractivity contribution < 1.29 is 23.2 Å². The number of likely N-dealkylation sites (tertiary alicyclic amines) is 1. The summed E-state index contributed by atoms with van der Waals surface area (Å²) in [6.07, 6.45) is 7.81. The van der Waals surface area contributed by atoms with Gasteiger partial charge in [-0.1, -0.05) is 6.07 Å². The summed E-state index contributed by atoms with van der Waals surface area (Å²) < 4.78 is 26.6. The third kappa shape index (κ3) is 7.23. The average Bonchev–Trinajstić information content (AvgIpc) is 3.81. The lowest BCUT2D eigenvalue weighted by Gasteiger charge is -2.32. The minimum atomic E-state index is -0.848. The van der Waals surface area contributed by atoms with Crippen LogP contribution in [0.3, 0.4) is 0 Å². The zero-order chi connectivity index (χ0) is 28.1. The molecule has 1 aliphatic carbocycles. The zero-order valence-corrected chi connectivity index (χ0v) is 21.8. The molecule has 0 bridgehead atoms. The molecule has 5 rings (SSSR count). The molecule has 0 radical (unpaired) electrons. The van der Waals surface area contributed by atoms with E-state index in [-0.39, 0.29) is 17.7 Å². The van der Waals surface area contributed by atoms with E-state index in [4.69, 9.17) is 0 Å². The number of pyridine rings is 2. The summed E-state index contributed by atoms with van der Waals surface area (Å²) in [6.45, 7) is 2.64. The van der Waals surface area contributed by atoms with Crippen molar-refractivity contribution >= 4 is 29.2 Å². The molecule has 0 spiro atoms. The number of hydrogen-bond donors (Lipinski definition) is 3. The second kappa shape index (κ2) is 12.3. The van der Waals surface area contributed by atoms with Crippen LogP contribution in [0.5, 0.6) is 0 Å². The molecule has 1 aromatic carbocycles. The van der Waals surface area contributed by atoms with Crippen molar-refractivity contribution in [2.24, 2.45) is 11.8 Å². The number of nitrogens with one attached hydrogen (secondary N) is 3. The largest absolute Gasteiger partial charge is 0.352 e. The monoisotopic (exact) mass is 548 g/mol. The Morgan fingerprint density at radius 2 is 1.68 bits per heavy atom. The normalized spacial score (nSPS) is 15.8. The average molecular weight is 549 g/mol. The molecule has 208 valence electrons. The zero-order valence-electron chi connectivity index (χ0n) is 21.8. The number of rotatable bonds is 9. The first-order valence-electron chi connectivity index (χ1n) is 13.3. The van der Waals surface area contributed by atoms with Gasteiger partial charge in [0, 0.05) is 37.0 Å². The van der Waals surface area contributed by atoms with Gasteiger partial charge in [-0.15, -0.1) is 0 Å². The van der Waals surface area contributed by atoms with E-state index in [1.54, 1.807) is 12.1 Å². The van der Waals surface area contributed by atoms with Gasteiger partial charge in [0.2, 0.25) is 5.91 Å². The quantitative estimate of drug-likeness (QED) is 0.372. The van der Waals surface area contributed by atoms with Crippen molar-refractivity contribution in [3.8, 4) is 0 Å². The smallest absolute Gasteiger partial charge is 0.255 e. The van der Waals surface area contributed by atoms with Crippen molar-refractivity contribution in [3.63, 3.8) is 0 Å². The van der Waals surface area contributed by atoms with Crippen LogP contribution in [0.2, 0.25) is 0 Å². The SMILES string of the molecule is O=C(NCC1CCN(Cc2ccc(F)c(F)c2)CC1)c1cncc(NC(=O)c2ccnc(NC(=O)C3CC3)c2)c1. The van der Waals surface area contributed by atoms with Crippen LogP contribution in [0.25, 0.3) is 0 Å². The van der Waals surface area contributed by atoms with Gasteiger partial charge < -0.3 is 16.0 Å². The van der Waals surface area contributed by atoms with Crippen LogP contribution in [-0.2, 0) is 11.3 Å². The van der Waals surface area contributed by atoms with Crippen LogP contribution in [0.15, 0.2) is 55.0 Å². The second-order valence-electron chi connectivity index (χ2n) is 10.3. The van der Waals surface area contributed by atoms with Gasteiger partial charge in [0.1, 0.15) is 5.82 Å². The predicted octanol–water partition coefficient (Wildman–Crippen LogP) is 4.00. The van der Waals surface area contributed by atoms with E-state index in [0.29, 0.717) is 41.6 Å². The molecule has 40 heavy (non-hydrogen) atoms. The number of nitrogens with zero attached hydrogens (tertiary/aromatic N) is 3. The predicted molar refractivity (Wildman–Crippen MR) is 144 cm³/mol. The van der Waals surface area contributed by atoms with Gasteiger partial charge in [-0.25, -0.2) is 13.8 Å². The molecule has 9 nitrogen and oxygen atoms in total. The molecule has 2 fully saturated rings. The molecule has 3 amide bonds. The second-order valence-corrected chi connectivity index (χ2v) is 10.3. The third-order valence-electron chi connectivity index (χ3n) is 7.13. The van der Waals surface area contributed by atoms with Crippen molar-refractivity contribution in [2.45, 2.75) is 32.2 Å². The number of anilines is 2. The maximum absolute atomic E-state index is 13.5. The first-order valence-corrected chi connectivity index (χ1v) is 13.3. The highest BCUT2D eigenvalue weighted by atomic mass is 19.2. The molecule has 0 atom stereocenters. The third-order valence-corrected chi connectivity index (χ3v) is 7.13. The van der Waals surface area contributed by atoms with E-state index in [1.165, 1.54) is 36.8 Å². The molecule has 2 aliphatic rings. The van der Waals surface area contributed by atoms with E-state index in [2.05, 4.69) is 30.8 Å². The first kappa shape index (κ1) is 27.3. The highest BCUT2D eigenvalue weighted by molar-refractivity contribution is 6.05. The number of halogens is 2. The Labute approximate surface area is 230 Å². The van der Waals surface area contributed by atoms with E-state index in [0.717, 1.165) is 50.4 Å². The van der Waals surface area contributed by atoms with Crippen molar-refractivity contribution in [1.29, 1.82) is 0 Å². The van der Waals surface area contributed by atoms with Gasteiger partial charge in [-0.3, -0.25) is 24.3 Å². The summed E-state index contributed by atoms with van der Waals surface area (Å²) in [7, 11) is 0. The number of carbonyl (C=O) groups is 3. The molecule has 3 N–H and O–H groups in total. The van der Waals surface area contributed by atoms with E-state index < -0.39 is 17.5 Å². The fourth-order valence-corrected chi connectivity index (χ4v) is 4.63. The lowest BCUT2D eigenvalue weighted by Crippen LogP contribution is -2.38. The Morgan fingerprint density at radius 3 is 2.42 bits per heavy atom. The number of benzene rings is 1. The van der Waals surface area contributed by atoms with Crippen molar-refractivity contribution in [2.75, 3.05) is 30.3 Å². The Kier molecular flexibility index (Phi) is 8.40. The number of carbonyl (C=O) groups excluding carboxylic acids is 3. The van der Waals surface area contributed by atoms with Crippen LogP contribution >= 0.6 is 0 Å². The molecule has 3 heterocycles. The van der Waals surface area contributed by atoms with Gasteiger partial charge in [-0.2, -0.15) is 0 Å². The summed E-state index contributed by atoms with van der Waals surface area (Å²) in [5.41, 5.74) is 1.73. The van der Waals surface area contributed by atoms with Crippen molar-refractivity contribution in [1.82, 2.24) is 20.2 Å². The van der Waals surface area contributed by atoms with Crippen LogP contribution < -0.4 is 16.0 Å². The van der Waals surface area contributed by atoms with Gasteiger partial charge >= 0.3 is 0 Å². The molecule has 2 aromatic heterocycles. The van der Waals surface area contributed by atoms with E-state index in [1.807, 2.05) is 0 Å². The number of hydrogen-bond acceptors (Lipinski definition) is 6. The van der Waals surface area contributed by atoms with Crippen LogP contribution in [0.1, 0.15) is 52.0 Å². The Bertz CT molecular complexity index is 1410. The summed E-state index contributed by atoms with van der Waals surface area (Å²) in [5.74, 6) is -1.87. The molecular formula is C29H30F2N6O3. The molecular weight excluding hydrogens is 518 g/mol. The molecule has 1 saturated carbocycles. The van der Waals surface area contributed by atoms with Gasteiger partial charge in [-0.05, 0) is 80.6 Å². The fourth-order valence-electron chi connectivity index (χ4n) is 4.63. The van der Waals surface area contributed by atoms with Crippen LogP contribution in [-0.4, -0.2) is 52.2 Å². The van der Waals surface area contributed by atoms with Gasteiger partial charge in [0.15, 0.2) is 11.6 Å². The molecule has 1 saturated heterocycles. The summed E-state index contributed by atoms with van der Waals surface area (Å²) in [6, 6.07) is 8.57. The van der Waals surface area contributed by atoms with Gasteiger partial charge in [0.25, 0.3) is 11.8 Å². The number of aromatic nitrogens is 2. The Balaban J connectivity index is 1.09. The molecule has 11 heteroatoms. The number of piperidine rings is 1. The van der Waals surface area contributed by atoms with Crippen LogP contribution in [0, 0.1) is 23.5 Å². The van der Waals surface area contributed by atoms with E-state index >= 15 is 0 Å². The highest BCUT2D eigenvalue weighted by Gasteiger charge is 2.30. The maximum Gasteiger partial charge on any atom is 0.255 e. The Morgan fingerprint density at radius 1 is 0.875 bits per heavy atom. The maximum atomic E-state index is 13.5. The lowest BCUT2D eigenvalue weighted by atomic mass is 9.96. The summed E-state index contributed by atoms with van der Waals surface area (Å²) >= 11 is 0. The van der Waals surface area contributed by atoms with Crippen molar-refractivity contribution in [3.05, 3.63) is 83.3 Å². The minimum Gasteiger partial charge on any atom is -0.352 e. The standard InChI is InChI=1S/C29H30F2N6O3/c30-24-4-1-19(11-25(24)31)17-37-9-6-18(7-10-37)14-34-27(38)22-12-23(16-32-15-22)35-29(40)21-5-8-33-26(13-21)36-28(39)20-2-3-20/h1,4-5,8,11-13,15-16,18,20H,2-3,6-7,9-10,14,17H2,(H,34,38)(H,35,40)(H,33,36,39). The fraction of sp³-hybridized carbons (Fsp3) is 0.345. The summed E-state index contributed by atoms with van der Waals surface area (Å²) in [4.78, 5) is 47.9. The van der Waals surface area contributed by atoms with Crippen LogP contribution in [0.4, 0.5) is 20.3 Å². The topological polar surface area (TPSA) is 116 Å². The molecule has 1 aliphatic heterocycles. The van der Waals surface area contributed by atoms with E-state index in [9.17, 15) is 23.2 Å². The van der Waals surface area contributed by atoms with Gasteiger partial charge in [0.05, 0.1) is 17.4 Å². The number of amides is 3.